The second kappa shape index (κ2) is 10.6. The molecular weight excluding hydrogens is 414 g/mol. The Hall–Kier alpha value is -4.64. The third kappa shape index (κ3) is 5.54. The molecule has 0 bridgehead atoms. The second-order valence-electron chi connectivity index (χ2n) is 7.18. The van der Waals surface area contributed by atoms with E-state index >= 15 is 0 Å². The molecule has 0 atom stereocenters. The van der Waals surface area contributed by atoms with Crippen LogP contribution in [0.5, 0.6) is 5.88 Å². The van der Waals surface area contributed by atoms with E-state index in [2.05, 4.69) is 42.4 Å². The van der Waals surface area contributed by atoms with Gasteiger partial charge in [-0.25, -0.2) is 9.97 Å². The number of hydrogen-bond donors (Lipinski definition) is 3. The lowest BCUT2D eigenvalue weighted by Gasteiger charge is -2.09. The number of nitrogens with one attached hydrogen (secondary N) is 3. The molecule has 5 rings (SSSR count). The van der Waals surface area contributed by atoms with Crippen LogP contribution in [0.4, 0.5) is 5.82 Å². The number of nitrogens with zero attached hydrogens (tertiary/aromatic N) is 4. The maximum absolute atomic E-state index is 8.26. The van der Waals surface area contributed by atoms with Gasteiger partial charge in [-0.2, -0.15) is 5.26 Å². The molecule has 0 saturated heterocycles. The van der Waals surface area contributed by atoms with Crippen LogP contribution < -0.4 is 10.1 Å². The molecule has 8 heteroatoms. The smallest absolute Gasteiger partial charge is 0.218 e. The fourth-order valence-electron chi connectivity index (χ4n) is 3.35. The van der Waals surface area contributed by atoms with Crippen LogP contribution in [0.25, 0.3) is 11.0 Å². The minimum absolute atomic E-state index is 0.616. The van der Waals surface area contributed by atoms with Crippen LogP contribution in [0.1, 0.15) is 22.3 Å². The molecule has 0 radical (unpaired) electrons. The van der Waals surface area contributed by atoms with Gasteiger partial charge in [0, 0.05) is 61.1 Å². The van der Waals surface area contributed by atoms with Crippen molar-refractivity contribution in [1.82, 2.24) is 24.9 Å². The standard InChI is InChI=1S/C19H19N5O.C6H4N2/c1-25-19-14(3-2-7-21-19)11-23-17-5-4-13(10-22-17)9-15-12-24-18-16(15)6-8-20-18;7-5-6-1-3-8-4-2-6/h2-8,10,12,20,24H,9,11H2,1H3,(H,22,23);1-4H. The van der Waals surface area contributed by atoms with Gasteiger partial charge < -0.3 is 20.0 Å². The monoisotopic (exact) mass is 437 g/mol. The molecule has 164 valence electrons. The Balaban J connectivity index is 0.000000275. The number of fused-ring (bicyclic) bond motifs is 1. The van der Waals surface area contributed by atoms with Crippen LogP contribution in [0.2, 0.25) is 0 Å². The Morgan fingerprint density at radius 1 is 1.00 bits per heavy atom. The molecule has 5 aromatic heterocycles. The number of hydrogen-bond acceptors (Lipinski definition) is 6. The lowest BCUT2D eigenvalue weighted by molar-refractivity contribution is 0.393. The Labute approximate surface area is 191 Å². The summed E-state index contributed by atoms with van der Waals surface area (Å²) < 4.78 is 5.26. The summed E-state index contributed by atoms with van der Waals surface area (Å²) in [5.41, 5.74) is 5.15. The predicted molar refractivity (Wildman–Crippen MR) is 127 cm³/mol. The molecule has 0 spiro atoms. The largest absolute Gasteiger partial charge is 0.481 e. The maximum atomic E-state index is 8.26. The lowest BCUT2D eigenvalue weighted by Crippen LogP contribution is -2.04. The predicted octanol–water partition coefficient (Wildman–Crippen LogP) is 4.45. The Bertz CT molecular complexity index is 1330. The molecule has 33 heavy (non-hydrogen) atoms. The molecule has 0 saturated carbocycles. The number of anilines is 1. The first kappa shape index (κ1) is 21.6. The molecule has 5 heterocycles. The van der Waals surface area contributed by atoms with Crippen molar-refractivity contribution in [3.05, 3.63) is 102 Å². The number of H-pyrrole nitrogens is 2. The van der Waals surface area contributed by atoms with Gasteiger partial charge in [0.1, 0.15) is 11.5 Å². The van der Waals surface area contributed by atoms with Gasteiger partial charge in [0.05, 0.1) is 18.7 Å². The Morgan fingerprint density at radius 3 is 2.61 bits per heavy atom. The number of nitriles is 1. The van der Waals surface area contributed by atoms with Crippen LogP contribution >= 0.6 is 0 Å². The van der Waals surface area contributed by atoms with Crippen LogP contribution in [0.3, 0.4) is 0 Å². The van der Waals surface area contributed by atoms with Crippen molar-refractivity contribution in [1.29, 1.82) is 5.26 Å². The quantitative estimate of drug-likeness (QED) is 0.361. The van der Waals surface area contributed by atoms with E-state index < -0.39 is 0 Å². The third-order valence-corrected chi connectivity index (χ3v) is 5.02. The van der Waals surface area contributed by atoms with Crippen LogP contribution in [0.15, 0.2) is 79.6 Å². The van der Waals surface area contributed by atoms with E-state index in [4.69, 9.17) is 10.00 Å². The zero-order chi connectivity index (χ0) is 22.9. The molecule has 0 aliphatic heterocycles. The van der Waals surface area contributed by atoms with Gasteiger partial charge in [-0.05, 0) is 41.5 Å². The van der Waals surface area contributed by atoms with Gasteiger partial charge in [-0.15, -0.1) is 0 Å². The van der Waals surface area contributed by atoms with Gasteiger partial charge in [0.25, 0.3) is 0 Å². The van der Waals surface area contributed by atoms with E-state index in [-0.39, 0.29) is 0 Å². The Morgan fingerprint density at radius 2 is 1.88 bits per heavy atom. The fourth-order valence-corrected chi connectivity index (χ4v) is 3.35. The summed E-state index contributed by atoms with van der Waals surface area (Å²) in [4.78, 5) is 18.9. The third-order valence-electron chi connectivity index (χ3n) is 5.02. The summed E-state index contributed by atoms with van der Waals surface area (Å²) in [6.07, 6.45) is 11.7. The molecule has 0 aromatic carbocycles. The van der Waals surface area contributed by atoms with Crippen molar-refractivity contribution in [2.45, 2.75) is 13.0 Å². The molecule has 0 amide bonds. The van der Waals surface area contributed by atoms with Crippen molar-refractivity contribution in [3.63, 3.8) is 0 Å². The lowest BCUT2D eigenvalue weighted by atomic mass is 10.1. The van der Waals surface area contributed by atoms with E-state index in [0.29, 0.717) is 18.0 Å². The zero-order valence-corrected chi connectivity index (χ0v) is 18.1. The van der Waals surface area contributed by atoms with Crippen LogP contribution in [-0.2, 0) is 13.0 Å². The van der Waals surface area contributed by atoms with E-state index in [9.17, 15) is 0 Å². The van der Waals surface area contributed by atoms with Crippen LogP contribution in [0, 0.1) is 11.3 Å². The zero-order valence-electron chi connectivity index (χ0n) is 18.1. The first-order chi connectivity index (χ1) is 16.3. The van der Waals surface area contributed by atoms with Gasteiger partial charge in [-0.1, -0.05) is 12.1 Å². The highest BCUT2D eigenvalue weighted by molar-refractivity contribution is 5.80. The minimum Gasteiger partial charge on any atom is -0.481 e. The number of aromatic nitrogens is 5. The minimum atomic E-state index is 0.616. The average molecular weight is 438 g/mol. The molecule has 0 aliphatic rings. The molecular formula is C25H23N7O. The fraction of sp³-hybridized carbons (Fsp3) is 0.120. The number of ether oxygens (including phenoxy) is 1. The van der Waals surface area contributed by atoms with Crippen molar-refractivity contribution >= 4 is 16.9 Å². The SMILES string of the molecule is COc1ncccc1CNc1ccc(Cc2c[nH]c3[nH]ccc23)cn1.N#Cc1ccncc1. The Kier molecular flexibility index (Phi) is 6.93. The van der Waals surface area contributed by atoms with E-state index in [0.717, 1.165) is 23.4 Å². The number of rotatable bonds is 6. The summed E-state index contributed by atoms with van der Waals surface area (Å²) in [5, 5.41) is 12.8. The van der Waals surface area contributed by atoms with Crippen molar-refractivity contribution in [2.24, 2.45) is 0 Å². The van der Waals surface area contributed by atoms with Gasteiger partial charge in [0.2, 0.25) is 5.88 Å². The second-order valence-corrected chi connectivity index (χ2v) is 7.18. The first-order valence-corrected chi connectivity index (χ1v) is 10.4. The number of aromatic amines is 2. The van der Waals surface area contributed by atoms with Gasteiger partial charge in [-0.3, -0.25) is 4.98 Å². The maximum Gasteiger partial charge on any atom is 0.218 e. The molecule has 0 unspecified atom stereocenters. The summed E-state index contributed by atoms with van der Waals surface area (Å²) in [7, 11) is 1.63. The van der Waals surface area contributed by atoms with E-state index in [1.807, 2.05) is 42.9 Å². The molecule has 3 N–H and O–H groups in total. The highest BCUT2D eigenvalue weighted by atomic mass is 16.5. The number of methoxy groups -OCH3 is 1. The summed E-state index contributed by atoms with van der Waals surface area (Å²) in [6.45, 7) is 0.616. The topological polar surface area (TPSA) is 115 Å². The average Bonchev–Trinajstić information content (AvgIpc) is 3.50. The molecule has 8 nitrogen and oxygen atoms in total. The van der Waals surface area contributed by atoms with Crippen molar-refractivity contribution < 1.29 is 4.74 Å². The number of pyridine rings is 3. The molecule has 0 fully saturated rings. The van der Waals surface area contributed by atoms with E-state index in [1.165, 1.54) is 16.5 Å². The molecule has 5 aromatic rings. The van der Waals surface area contributed by atoms with Crippen LogP contribution in [-0.4, -0.2) is 32.0 Å². The van der Waals surface area contributed by atoms with Gasteiger partial charge in [0.15, 0.2) is 0 Å². The van der Waals surface area contributed by atoms with Crippen molar-refractivity contribution in [2.75, 3.05) is 12.4 Å². The van der Waals surface area contributed by atoms with Crippen molar-refractivity contribution in [3.8, 4) is 11.9 Å². The highest BCUT2D eigenvalue weighted by Gasteiger charge is 2.06. The molecule has 0 aliphatic carbocycles. The van der Waals surface area contributed by atoms with E-state index in [1.54, 1.807) is 37.8 Å². The summed E-state index contributed by atoms with van der Waals surface area (Å²) in [5.74, 6) is 1.46. The first-order valence-electron chi connectivity index (χ1n) is 10.4. The van der Waals surface area contributed by atoms with Gasteiger partial charge >= 0.3 is 0 Å². The summed E-state index contributed by atoms with van der Waals surface area (Å²) in [6, 6.07) is 15.4. The summed E-state index contributed by atoms with van der Waals surface area (Å²) >= 11 is 0. The highest BCUT2D eigenvalue weighted by Crippen LogP contribution is 2.20. The normalized spacial score (nSPS) is 10.2.